The summed E-state index contributed by atoms with van der Waals surface area (Å²) in [6.07, 6.45) is 4.92. The number of benzene rings is 1. The van der Waals surface area contributed by atoms with Gasteiger partial charge >= 0.3 is 0 Å². The zero-order valence-electron chi connectivity index (χ0n) is 17.8. The Morgan fingerprint density at radius 2 is 2.00 bits per heavy atom. The lowest BCUT2D eigenvalue weighted by Crippen LogP contribution is -2.52. The van der Waals surface area contributed by atoms with Gasteiger partial charge in [0.2, 0.25) is 15.9 Å². The highest BCUT2D eigenvalue weighted by Gasteiger charge is 2.47. The maximum absolute atomic E-state index is 13.6. The maximum atomic E-state index is 13.6. The van der Waals surface area contributed by atoms with E-state index < -0.39 is 10.0 Å². The predicted molar refractivity (Wildman–Crippen MR) is 117 cm³/mol. The van der Waals surface area contributed by atoms with Crippen molar-refractivity contribution in [3.05, 3.63) is 54.0 Å². The Morgan fingerprint density at radius 1 is 1.26 bits per heavy atom. The van der Waals surface area contributed by atoms with Crippen LogP contribution in [0.2, 0.25) is 0 Å². The Bertz CT molecular complexity index is 1080. The highest BCUT2D eigenvalue weighted by atomic mass is 32.2. The number of hydrogen-bond donors (Lipinski definition) is 1. The number of rotatable bonds is 6. The van der Waals surface area contributed by atoms with Crippen LogP contribution in [0.3, 0.4) is 0 Å². The Kier molecular flexibility index (Phi) is 5.87. The van der Waals surface area contributed by atoms with Gasteiger partial charge in [-0.2, -0.15) is 0 Å². The third kappa shape index (κ3) is 4.80. The number of carbonyl (C=O) groups is 1. The molecule has 1 N–H and O–H groups in total. The predicted octanol–water partition coefficient (Wildman–Crippen LogP) is 3.14. The molecule has 1 aromatic carbocycles. The first-order chi connectivity index (χ1) is 14.6. The number of likely N-dealkylation sites (tertiary alicyclic amines) is 1. The number of carbonyl (C=O) groups excluding carboxylic acids is 1. The van der Waals surface area contributed by atoms with Crippen LogP contribution < -0.4 is 4.72 Å². The van der Waals surface area contributed by atoms with Gasteiger partial charge in [0.05, 0.1) is 18.0 Å². The second kappa shape index (κ2) is 8.31. The molecule has 2 heterocycles. The van der Waals surface area contributed by atoms with Crippen molar-refractivity contribution in [2.75, 3.05) is 12.8 Å². The lowest BCUT2D eigenvalue weighted by molar-refractivity contribution is -0.147. The number of sulfonamides is 1. The summed E-state index contributed by atoms with van der Waals surface area (Å²) in [6, 6.07) is 11.1. The number of nitrogens with one attached hydrogen (secondary N) is 1. The van der Waals surface area contributed by atoms with Crippen LogP contribution in [-0.4, -0.2) is 49.1 Å². The van der Waals surface area contributed by atoms with Crippen molar-refractivity contribution in [1.82, 2.24) is 14.6 Å². The SMILES string of the molecule is CC1(C(=O)N2CC[C@@H](NS(C)(=O)=O)[C@H]2Cc2cccc(-c3cccc(F)c3)n2)CCC1. The minimum absolute atomic E-state index is 0.0998. The third-order valence-electron chi connectivity index (χ3n) is 6.49. The standard InChI is InChI=1S/C23H28FN3O3S/c1-23(11-5-12-23)22(28)27-13-10-20(26-31(2,29)30)21(27)15-18-8-4-9-19(25-18)16-6-3-7-17(24)14-16/h3-4,6-9,14,20-21,26H,5,10-13,15H2,1-2H3/t20-,21-/m1/s1. The second-order valence-electron chi connectivity index (χ2n) is 8.99. The summed E-state index contributed by atoms with van der Waals surface area (Å²) in [5.74, 6) is -0.230. The highest BCUT2D eigenvalue weighted by Crippen LogP contribution is 2.43. The van der Waals surface area contributed by atoms with E-state index in [2.05, 4.69) is 9.71 Å². The summed E-state index contributed by atoms with van der Waals surface area (Å²) in [6.45, 7) is 2.52. The number of amides is 1. The van der Waals surface area contributed by atoms with Gasteiger partial charge in [-0.3, -0.25) is 9.78 Å². The van der Waals surface area contributed by atoms with Crippen molar-refractivity contribution < 1.29 is 17.6 Å². The van der Waals surface area contributed by atoms with Crippen LogP contribution in [0.25, 0.3) is 11.3 Å². The largest absolute Gasteiger partial charge is 0.337 e. The molecule has 1 aliphatic carbocycles. The molecule has 2 fully saturated rings. The van der Waals surface area contributed by atoms with E-state index in [1.807, 2.05) is 30.0 Å². The van der Waals surface area contributed by atoms with Crippen LogP contribution in [0.5, 0.6) is 0 Å². The quantitative estimate of drug-likeness (QED) is 0.741. The van der Waals surface area contributed by atoms with Gasteiger partial charge in [0.15, 0.2) is 0 Å². The lowest BCUT2D eigenvalue weighted by Gasteiger charge is -2.42. The van der Waals surface area contributed by atoms with E-state index in [0.717, 1.165) is 31.2 Å². The van der Waals surface area contributed by atoms with E-state index >= 15 is 0 Å². The molecule has 0 radical (unpaired) electrons. The molecule has 8 heteroatoms. The number of pyridine rings is 1. The molecule has 1 aliphatic heterocycles. The molecule has 0 spiro atoms. The summed E-state index contributed by atoms with van der Waals surface area (Å²) >= 11 is 0. The number of aromatic nitrogens is 1. The topological polar surface area (TPSA) is 79.4 Å². The monoisotopic (exact) mass is 445 g/mol. The van der Waals surface area contributed by atoms with Crippen LogP contribution in [0.15, 0.2) is 42.5 Å². The van der Waals surface area contributed by atoms with Gasteiger partial charge in [0.25, 0.3) is 0 Å². The first-order valence-electron chi connectivity index (χ1n) is 10.6. The van der Waals surface area contributed by atoms with Gasteiger partial charge in [-0.1, -0.05) is 31.5 Å². The Balaban J connectivity index is 1.61. The molecule has 2 aliphatic rings. The van der Waals surface area contributed by atoms with Crippen molar-refractivity contribution in [3.63, 3.8) is 0 Å². The van der Waals surface area contributed by atoms with Crippen molar-refractivity contribution >= 4 is 15.9 Å². The highest BCUT2D eigenvalue weighted by molar-refractivity contribution is 7.88. The maximum Gasteiger partial charge on any atom is 0.228 e. The fourth-order valence-electron chi connectivity index (χ4n) is 4.65. The number of nitrogens with zero attached hydrogens (tertiary/aromatic N) is 2. The molecule has 1 saturated heterocycles. The molecule has 166 valence electrons. The first kappa shape index (κ1) is 21.9. The fraction of sp³-hybridized carbons (Fsp3) is 0.478. The molecule has 1 amide bonds. The van der Waals surface area contributed by atoms with Gasteiger partial charge in [0.1, 0.15) is 5.82 Å². The van der Waals surface area contributed by atoms with Crippen LogP contribution in [-0.2, 0) is 21.2 Å². The summed E-state index contributed by atoms with van der Waals surface area (Å²) in [7, 11) is -3.41. The Labute approximate surface area is 182 Å². The molecule has 0 bridgehead atoms. The average molecular weight is 446 g/mol. The van der Waals surface area contributed by atoms with Crippen molar-refractivity contribution in [2.45, 2.75) is 51.1 Å². The normalized spacial score (nSPS) is 22.9. The molecule has 1 aromatic heterocycles. The first-order valence-corrected chi connectivity index (χ1v) is 12.5. The second-order valence-corrected chi connectivity index (χ2v) is 10.8. The van der Waals surface area contributed by atoms with E-state index in [1.165, 1.54) is 12.1 Å². The van der Waals surface area contributed by atoms with Crippen LogP contribution in [0.4, 0.5) is 4.39 Å². The van der Waals surface area contributed by atoms with Crippen LogP contribution in [0, 0.1) is 11.2 Å². The molecule has 31 heavy (non-hydrogen) atoms. The van der Waals surface area contributed by atoms with E-state index in [1.54, 1.807) is 12.1 Å². The molecule has 2 aromatic rings. The van der Waals surface area contributed by atoms with E-state index in [0.29, 0.717) is 30.6 Å². The summed E-state index contributed by atoms with van der Waals surface area (Å²) < 4.78 is 40.2. The van der Waals surface area contributed by atoms with Crippen molar-refractivity contribution in [2.24, 2.45) is 5.41 Å². The van der Waals surface area contributed by atoms with Gasteiger partial charge in [-0.05, 0) is 43.5 Å². The lowest BCUT2D eigenvalue weighted by atomic mass is 9.69. The van der Waals surface area contributed by atoms with Gasteiger partial charge in [-0.15, -0.1) is 0 Å². The number of halogens is 1. The fourth-order valence-corrected chi connectivity index (χ4v) is 5.48. The zero-order valence-corrected chi connectivity index (χ0v) is 18.7. The van der Waals surface area contributed by atoms with Crippen LogP contribution in [0.1, 0.15) is 38.3 Å². The Morgan fingerprint density at radius 3 is 2.65 bits per heavy atom. The molecule has 1 saturated carbocycles. The summed E-state index contributed by atoms with van der Waals surface area (Å²) in [5.41, 5.74) is 1.71. The van der Waals surface area contributed by atoms with Crippen LogP contribution >= 0.6 is 0 Å². The smallest absolute Gasteiger partial charge is 0.228 e. The minimum atomic E-state index is -3.41. The summed E-state index contributed by atoms with van der Waals surface area (Å²) in [5, 5.41) is 0. The van der Waals surface area contributed by atoms with Crippen molar-refractivity contribution in [3.8, 4) is 11.3 Å². The number of hydrogen-bond acceptors (Lipinski definition) is 4. The molecule has 6 nitrogen and oxygen atoms in total. The van der Waals surface area contributed by atoms with E-state index in [9.17, 15) is 17.6 Å². The molecule has 2 atom stereocenters. The Hall–Kier alpha value is -2.32. The molecular formula is C23H28FN3O3S. The zero-order chi connectivity index (χ0) is 22.2. The minimum Gasteiger partial charge on any atom is -0.337 e. The third-order valence-corrected chi connectivity index (χ3v) is 7.22. The molecular weight excluding hydrogens is 417 g/mol. The van der Waals surface area contributed by atoms with E-state index in [4.69, 9.17) is 0 Å². The van der Waals surface area contributed by atoms with Gasteiger partial charge < -0.3 is 4.90 Å². The van der Waals surface area contributed by atoms with Crippen molar-refractivity contribution in [1.29, 1.82) is 0 Å². The average Bonchev–Trinajstić information content (AvgIpc) is 3.06. The van der Waals surface area contributed by atoms with Gasteiger partial charge in [-0.25, -0.2) is 17.5 Å². The van der Waals surface area contributed by atoms with E-state index in [-0.39, 0.29) is 29.2 Å². The summed E-state index contributed by atoms with van der Waals surface area (Å²) in [4.78, 5) is 19.8. The van der Waals surface area contributed by atoms with Gasteiger partial charge in [0, 0.05) is 35.7 Å². The molecule has 4 rings (SSSR count). The molecule has 0 unspecified atom stereocenters.